The molecule has 1 aromatic rings. The summed E-state index contributed by atoms with van der Waals surface area (Å²) in [6, 6.07) is 4.33. The molecule has 0 heterocycles. The van der Waals surface area contributed by atoms with Gasteiger partial charge in [-0.05, 0) is 30.7 Å². The molecule has 0 saturated heterocycles. The molecule has 82 valence electrons. The SMILES string of the molecule is Cc1cc(C(N)=O)ccc1NS(N)(=O)=O. The number of nitrogens with one attached hydrogen (secondary N) is 1. The smallest absolute Gasteiger partial charge is 0.296 e. The lowest BCUT2D eigenvalue weighted by molar-refractivity contribution is 0.1000. The minimum atomic E-state index is -3.80. The van der Waals surface area contributed by atoms with E-state index in [4.69, 9.17) is 10.9 Å². The Bertz CT molecular complexity index is 496. The third-order valence-corrected chi connectivity index (χ3v) is 2.27. The van der Waals surface area contributed by atoms with Crippen LogP contribution in [0.15, 0.2) is 18.2 Å². The summed E-state index contributed by atoms with van der Waals surface area (Å²) in [5.74, 6) is -0.569. The first-order valence-corrected chi connectivity index (χ1v) is 5.55. The second kappa shape index (κ2) is 3.87. The average Bonchev–Trinajstić information content (AvgIpc) is 2.05. The van der Waals surface area contributed by atoms with Gasteiger partial charge in [-0.2, -0.15) is 8.42 Å². The van der Waals surface area contributed by atoms with Crippen molar-refractivity contribution >= 4 is 21.8 Å². The van der Waals surface area contributed by atoms with E-state index in [9.17, 15) is 13.2 Å². The van der Waals surface area contributed by atoms with Crippen molar-refractivity contribution in [3.8, 4) is 0 Å². The second-order valence-electron chi connectivity index (χ2n) is 3.04. The van der Waals surface area contributed by atoms with E-state index in [1.54, 1.807) is 6.92 Å². The van der Waals surface area contributed by atoms with Crippen LogP contribution in [0.2, 0.25) is 0 Å². The lowest BCUT2D eigenvalue weighted by Gasteiger charge is -2.07. The number of hydrogen-bond acceptors (Lipinski definition) is 3. The molecule has 0 aliphatic heterocycles. The Morgan fingerprint density at radius 2 is 2.00 bits per heavy atom. The Labute approximate surface area is 87.4 Å². The van der Waals surface area contributed by atoms with Crippen molar-refractivity contribution in [1.82, 2.24) is 0 Å². The highest BCUT2D eigenvalue weighted by Crippen LogP contribution is 2.16. The molecule has 0 aliphatic carbocycles. The molecule has 0 spiro atoms. The third-order valence-electron chi connectivity index (χ3n) is 1.76. The molecule has 1 rings (SSSR count). The quantitative estimate of drug-likeness (QED) is 0.661. The van der Waals surface area contributed by atoms with Gasteiger partial charge in [-0.1, -0.05) is 0 Å². The fourth-order valence-electron chi connectivity index (χ4n) is 1.08. The first kappa shape index (κ1) is 11.5. The molecular formula is C8H11N3O3S. The van der Waals surface area contributed by atoms with Gasteiger partial charge in [-0.3, -0.25) is 9.52 Å². The number of anilines is 1. The van der Waals surface area contributed by atoms with Crippen LogP contribution in [0.5, 0.6) is 0 Å². The Hall–Kier alpha value is -1.60. The number of carbonyl (C=O) groups is 1. The van der Waals surface area contributed by atoms with Crippen LogP contribution >= 0.6 is 0 Å². The summed E-state index contributed by atoms with van der Waals surface area (Å²) in [4.78, 5) is 10.8. The van der Waals surface area contributed by atoms with E-state index >= 15 is 0 Å². The van der Waals surface area contributed by atoms with Gasteiger partial charge in [-0.25, -0.2) is 5.14 Å². The number of nitrogens with two attached hydrogens (primary N) is 2. The van der Waals surface area contributed by atoms with Crippen molar-refractivity contribution in [1.29, 1.82) is 0 Å². The maximum absolute atomic E-state index is 10.8. The number of amides is 1. The minimum absolute atomic E-state index is 0.312. The highest BCUT2D eigenvalue weighted by Gasteiger charge is 2.07. The number of primary amides is 1. The van der Waals surface area contributed by atoms with E-state index in [0.717, 1.165) is 0 Å². The number of carbonyl (C=O) groups excluding carboxylic acids is 1. The minimum Gasteiger partial charge on any atom is -0.366 e. The van der Waals surface area contributed by atoms with Crippen LogP contribution in [0.3, 0.4) is 0 Å². The van der Waals surface area contributed by atoms with Crippen molar-refractivity contribution in [2.75, 3.05) is 4.72 Å². The van der Waals surface area contributed by atoms with E-state index < -0.39 is 16.1 Å². The second-order valence-corrected chi connectivity index (χ2v) is 4.34. The highest BCUT2D eigenvalue weighted by atomic mass is 32.2. The molecule has 0 bridgehead atoms. The number of aryl methyl sites for hydroxylation is 1. The van der Waals surface area contributed by atoms with Crippen molar-refractivity contribution in [3.05, 3.63) is 29.3 Å². The molecule has 1 aromatic carbocycles. The standard InChI is InChI=1S/C8H11N3O3S/c1-5-4-6(8(9)12)2-3-7(5)11-15(10,13)14/h2-4,11H,1H3,(H2,9,12)(H2,10,13,14). The molecule has 0 saturated carbocycles. The van der Waals surface area contributed by atoms with Crippen molar-refractivity contribution < 1.29 is 13.2 Å². The topological polar surface area (TPSA) is 115 Å². The summed E-state index contributed by atoms with van der Waals surface area (Å²) in [5, 5.41) is 4.80. The maximum atomic E-state index is 10.8. The summed E-state index contributed by atoms with van der Waals surface area (Å²) >= 11 is 0. The molecule has 0 fully saturated rings. The zero-order valence-corrected chi connectivity index (χ0v) is 8.84. The molecule has 0 aliphatic rings. The van der Waals surface area contributed by atoms with Gasteiger partial charge in [0.15, 0.2) is 0 Å². The van der Waals surface area contributed by atoms with Gasteiger partial charge in [0.2, 0.25) is 5.91 Å². The van der Waals surface area contributed by atoms with Gasteiger partial charge >= 0.3 is 0 Å². The van der Waals surface area contributed by atoms with Crippen LogP contribution in [0, 0.1) is 6.92 Å². The fraction of sp³-hybridized carbons (Fsp3) is 0.125. The molecule has 15 heavy (non-hydrogen) atoms. The summed E-state index contributed by atoms with van der Waals surface area (Å²) in [6.45, 7) is 1.64. The zero-order valence-electron chi connectivity index (χ0n) is 8.02. The predicted octanol–water partition coefficient (Wildman–Crippen LogP) is -0.291. The molecule has 6 nitrogen and oxygen atoms in total. The van der Waals surface area contributed by atoms with Crippen LogP contribution < -0.4 is 15.6 Å². The summed E-state index contributed by atoms with van der Waals surface area (Å²) in [6.07, 6.45) is 0. The molecule has 0 aromatic heterocycles. The molecular weight excluding hydrogens is 218 g/mol. The first-order valence-electron chi connectivity index (χ1n) is 4.00. The normalized spacial score (nSPS) is 11.1. The third kappa shape index (κ3) is 3.22. The molecule has 0 radical (unpaired) electrons. The predicted molar refractivity (Wildman–Crippen MR) is 56.4 cm³/mol. The van der Waals surface area contributed by atoms with Gasteiger partial charge < -0.3 is 5.73 Å². The Morgan fingerprint density at radius 1 is 1.40 bits per heavy atom. The largest absolute Gasteiger partial charge is 0.366 e. The van der Waals surface area contributed by atoms with Crippen molar-refractivity contribution in [2.45, 2.75) is 6.92 Å². The van der Waals surface area contributed by atoms with E-state index in [0.29, 0.717) is 16.8 Å². The van der Waals surface area contributed by atoms with Crippen LogP contribution in [0.4, 0.5) is 5.69 Å². The summed E-state index contributed by atoms with van der Waals surface area (Å²) < 4.78 is 23.6. The Kier molecular flexibility index (Phi) is 2.96. The number of benzene rings is 1. The van der Waals surface area contributed by atoms with Gasteiger partial charge in [0, 0.05) is 5.56 Å². The Morgan fingerprint density at radius 3 is 2.40 bits per heavy atom. The maximum Gasteiger partial charge on any atom is 0.296 e. The van der Waals surface area contributed by atoms with E-state index in [2.05, 4.69) is 4.72 Å². The number of hydrogen-bond donors (Lipinski definition) is 3. The molecule has 0 atom stereocenters. The fourth-order valence-corrected chi connectivity index (χ4v) is 1.62. The number of rotatable bonds is 3. The lowest BCUT2D eigenvalue weighted by atomic mass is 10.1. The van der Waals surface area contributed by atoms with Crippen LogP contribution in [0.1, 0.15) is 15.9 Å². The van der Waals surface area contributed by atoms with E-state index in [1.165, 1.54) is 18.2 Å². The molecule has 7 heteroatoms. The highest BCUT2D eigenvalue weighted by molar-refractivity contribution is 7.90. The zero-order chi connectivity index (χ0) is 11.6. The van der Waals surface area contributed by atoms with Crippen molar-refractivity contribution in [3.63, 3.8) is 0 Å². The average molecular weight is 229 g/mol. The van der Waals surface area contributed by atoms with E-state index in [-0.39, 0.29) is 0 Å². The van der Waals surface area contributed by atoms with Crippen molar-refractivity contribution in [2.24, 2.45) is 10.9 Å². The summed E-state index contributed by atoms with van der Waals surface area (Å²) in [5.41, 5.74) is 6.26. The Balaban J connectivity index is 3.09. The summed E-state index contributed by atoms with van der Waals surface area (Å²) in [7, 11) is -3.80. The monoisotopic (exact) mass is 229 g/mol. The van der Waals surface area contributed by atoms with E-state index in [1.807, 2.05) is 0 Å². The van der Waals surface area contributed by atoms with Gasteiger partial charge in [-0.15, -0.1) is 0 Å². The van der Waals surface area contributed by atoms with Gasteiger partial charge in [0.25, 0.3) is 10.2 Å². The van der Waals surface area contributed by atoms with Gasteiger partial charge in [0.05, 0.1) is 5.69 Å². The first-order chi connectivity index (χ1) is 6.79. The van der Waals surface area contributed by atoms with Crippen LogP contribution in [-0.2, 0) is 10.2 Å². The molecule has 5 N–H and O–H groups in total. The molecule has 0 unspecified atom stereocenters. The van der Waals surface area contributed by atoms with Crippen LogP contribution in [-0.4, -0.2) is 14.3 Å². The van der Waals surface area contributed by atoms with Gasteiger partial charge in [0.1, 0.15) is 0 Å². The lowest BCUT2D eigenvalue weighted by Crippen LogP contribution is -2.22. The van der Waals surface area contributed by atoms with Crippen LogP contribution in [0.25, 0.3) is 0 Å². The molecule has 1 amide bonds.